The molecule has 1 atom stereocenters. The fourth-order valence-electron chi connectivity index (χ4n) is 3.03. The van der Waals surface area contributed by atoms with E-state index in [0.717, 1.165) is 39.0 Å². The first-order valence-electron chi connectivity index (χ1n) is 9.61. The second-order valence-electron chi connectivity index (χ2n) is 6.16. The summed E-state index contributed by atoms with van der Waals surface area (Å²) in [5.74, 6) is 0.422. The van der Waals surface area contributed by atoms with Crippen molar-refractivity contribution in [3.05, 3.63) is 0 Å². The van der Waals surface area contributed by atoms with Crippen molar-refractivity contribution in [1.82, 2.24) is 9.80 Å². The Balaban J connectivity index is 4.64. The summed E-state index contributed by atoms with van der Waals surface area (Å²) < 4.78 is 0. The van der Waals surface area contributed by atoms with Crippen LogP contribution >= 0.6 is 0 Å². The normalized spacial score (nSPS) is 12.0. The second kappa shape index (κ2) is 13.4. The lowest BCUT2D eigenvalue weighted by molar-refractivity contribution is -0.136. The quantitative estimate of drug-likeness (QED) is 0.478. The summed E-state index contributed by atoms with van der Waals surface area (Å²) >= 11 is 0. The van der Waals surface area contributed by atoms with Crippen molar-refractivity contribution >= 4 is 11.8 Å². The number of nitrogens with zero attached hydrogens (tertiary/aromatic N) is 2. The van der Waals surface area contributed by atoms with Crippen LogP contribution < -0.4 is 0 Å². The minimum atomic E-state index is 0.00580. The van der Waals surface area contributed by atoms with Crippen LogP contribution in [-0.4, -0.2) is 47.8 Å². The zero-order chi connectivity index (χ0) is 17.7. The first-order chi connectivity index (χ1) is 11.0. The molecule has 0 saturated carbocycles. The van der Waals surface area contributed by atoms with Crippen molar-refractivity contribution in [2.45, 2.75) is 79.6 Å². The third kappa shape index (κ3) is 8.38. The van der Waals surface area contributed by atoms with Crippen molar-refractivity contribution < 1.29 is 9.59 Å². The number of amides is 2. The molecule has 0 aromatic carbocycles. The minimum absolute atomic E-state index is 0.00580. The highest BCUT2D eigenvalue weighted by atomic mass is 16.2. The van der Waals surface area contributed by atoms with E-state index in [4.69, 9.17) is 0 Å². The summed E-state index contributed by atoms with van der Waals surface area (Å²) in [6.07, 6.45) is 6.80. The summed E-state index contributed by atoms with van der Waals surface area (Å²) in [6.45, 7) is 13.3. The van der Waals surface area contributed by atoms with E-state index in [1.165, 1.54) is 19.3 Å². The van der Waals surface area contributed by atoms with Crippen LogP contribution in [0, 0.1) is 5.92 Å². The molecular formula is C19H38N2O2. The Labute approximate surface area is 143 Å². The molecule has 0 saturated heterocycles. The zero-order valence-electron chi connectivity index (χ0n) is 16.1. The SMILES string of the molecule is CCCCCCC(CCC(=O)N(CC)CC)C(=O)N(CC)CC. The van der Waals surface area contributed by atoms with Gasteiger partial charge in [-0.2, -0.15) is 0 Å². The van der Waals surface area contributed by atoms with Gasteiger partial charge in [0, 0.05) is 38.5 Å². The number of rotatable bonds is 13. The first-order valence-corrected chi connectivity index (χ1v) is 9.61. The van der Waals surface area contributed by atoms with Crippen LogP contribution in [0.4, 0.5) is 0 Å². The average molecular weight is 327 g/mol. The highest BCUT2D eigenvalue weighted by Crippen LogP contribution is 2.20. The Morgan fingerprint density at radius 2 is 1.30 bits per heavy atom. The topological polar surface area (TPSA) is 40.6 Å². The number of hydrogen-bond donors (Lipinski definition) is 0. The predicted octanol–water partition coefficient (Wildman–Crippen LogP) is 4.09. The van der Waals surface area contributed by atoms with Gasteiger partial charge in [-0.15, -0.1) is 0 Å². The van der Waals surface area contributed by atoms with Gasteiger partial charge < -0.3 is 9.80 Å². The van der Waals surface area contributed by atoms with Crippen molar-refractivity contribution in [2.24, 2.45) is 5.92 Å². The molecule has 0 aromatic rings. The molecule has 2 amide bonds. The van der Waals surface area contributed by atoms with Crippen LogP contribution in [0.2, 0.25) is 0 Å². The minimum Gasteiger partial charge on any atom is -0.343 e. The van der Waals surface area contributed by atoms with E-state index in [1.54, 1.807) is 0 Å². The van der Waals surface area contributed by atoms with Crippen molar-refractivity contribution in [1.29, 1.82) is 0 Å². The Bertz CT molecular complexity index is 323. The van der Waals surface area contributed by atoms with E-state index < -0.39 is 0 Å². The summed E-state index contributed by atoms with van der Waals surface area (Å²) in [5, 5.41) is 0. The predicted molar refractivity (Wildman–Crippen MR) is 97.3 cm³/mol. The van der Waals surface area contributed by atoms with Gasteiger partial charge in [-0.25, -0.2) is 0 Å². The van der Waals surface area contributed by atoms with Crippen LogP contribution in [0.15, 0.2) is 0 Å². The van der Waals surface area contributed by atoms with Crippen LogP contribution in [0.25, 0.3) is 0 Å². The molecule has 4 heteroatoms. The summed E-state index contributed by atoms with van der Waals surface area (Å²) in [4.78, 5) is 28.7. The summed E-state index contributed by atoms with van der Waals surface area (Å²) in [6, 6.07) is 0. The smallest absolute Gasteiger partial charge is 0.225 e. The van der Waals surface area contributed by atoms with Crippen molar-refractivity contribution in [3.8, 4) is 0 Å². The van der Waals surface area contributed by atoms with Gasteiger partial charge in [-0.05, 0) is 40.5 Å². The van der Waals surface area contributed by atoms with E-state index in [2.05, 4.69) is 6.92 Å². The molecule has 0 spiro atoms. The summed E-state index contributed by atoms with van der Waals surface area (Å²) in [5.41, 5.74) is 0. The molecule has 0 aliphatic carbocycles. The standard InChI is InChI=1S/C19H38N2O2/c1-6-11-12-13-14-17(19(23)21(9-4)10-5)15-16-18(22)20(7-2)8-3/h17H,6-16H2,1-5H3. The monoisotopic (exact) mass is 326 g/mol. The molecule has 0 heterocycles. The fraction of sp³-hybridized carbons (Fsp3) is 0.895. The Morgan fingerprint density at radius 1 is 0.739 bits per heavy atom. The molecule has 0 bridgehead atoms. The van der Waals surface area contributed by atoms with Crippen LogP contribution in [0.5, 0.6) is 0 Å². The highest BCUT2D eigenvalue weighted by molar-refractivity contribution is 5.80. The van der Waals surface area contributed by atoms with Gasteiger partial charge in [0.2, 0.25) is 11.8 Å². The molecule has 0 aliphatic rings. The van der Waals surface area contributed by atoms with Gasteiger partial charge in [0.15, 0.2) is 0 Å². The maximum absolute atomic E-state index is 12.7. The van der Waals surface area contributed by atoms with Gasteiger partial charge in [0.1, 0.15) is 0 Å². The molecule has 4 nitrogen and oxygen atoms in total. The molecule has 1 unspecified atom stereocenters. The number of hydrogen-bond acceptors (Lipinski definition) is 2. The molecule has 0 rings (SSSR count). The molecule has 23 heavy (non-hydrogen) atoms. The highest BCUT2D eigenvalue weighted by Gasteiger charge is 2.23. The number of carbonyl (C=O) groups is 2. The Kier molecular flexibility index (Phi) is 12.8. The maximum Gasteiger partial charge on any atom is 0.225 e. The first kappa shape index (κ1) is 21.9. The largest absolute Gasteiger partial charge is 0.343 e. The molecular weight excluding hydrogens is 288 g/mol. The third-order valence-corrected chi connectivity index (χ3v) is 4.65. The molecule has 0 aliphatic heterocycles. The molecule has 0 N–H and O–H groups in total. The van der Waals surface area contributed by atoms with Gasteiger partial charge in [0.25, 0.3) is 0 Å². The number of carbonyl (C=O) groups excluding carboxylic acids is 2. The van der Waals surface area contributed by atoms with Crippen LogP contribution in [0.3, 0.4) is 0 Å². The lowest BCUT2D eigenvalue weighted by Gasteiger charge is -2.26. The average Bonchev–Trinajstić information content (AvgIpc) is 2.56. The van der Waals surface area contributed by atoms with E-state index in [1.807, 2.05) is 37.5 Å². The molecule has 0 aromatic heterocycles. The zero-order valence-corrected chi connectivity index (χ0v) is 16.1. The Hall–Kier alpha value is -1.06. The van der Waals surface area contributed by atoms with Crippen LogP contribution in [0.1, 0.15) is 79.6 Å². The second-order valence-corrected chi connectivity index (χ2v) is 6.16. The van der Waals surface area contributed by atoms with E-state index >= 15 is 0 Å². The molecule has 0 fully saturated rings. The summed E-state index contributed by atoms with van der Waals surface area (Å²) in [7, 11) is 0. The lowest BCUT2D eigenvalue weighted by Crippen LogP contribution is -2.37. The molecule has 0 radical (unpaired) electrons. The maximum atomic E-state index is 12.7. The van der Waals surface area contributed by atoms with Crippen molar-refractivity contribution in [3.63, 3.8) is 0 Å². The lowest BCUT2D eigenvalue weighted by atomic mass is 9.94. The van der Waals surface area contributed by atoms with Crippen molar-refractivity contribution in [2.75, 3.05) is 26.2 Å². The van der Waals surface area contributed by atoms with Gasteiger partial charge in [0.05, 0.1) is 0 Å². The third-order valence-electron chi connectivity index (χ3n) is 4.65. The van der Waals surface area contributed by atoms with Gasteiger partial charge in [-0.1, -0.05) is 32.6 Å². The van der Waals surface area contributed by atoms with Crippen LogP contribution in [-0.2, 0) is 9.59 Å². The van der Waals surface area contributed by atoms with Gasteiger partial charge >= 0.3 is 0 Å². The van der Waals surface area contributed by atoms with E-state index in [9.17, 15) is 9.59 Å². The Morgan fingerprint density at radius 3 is 1.78 bits per heavy atom. The fourth-order valence-corrected chi connectivity index (χ4v) is 3.03. The van der Waals surface area contributed by atoms with E-state index in [0.29, 0.717) is 12.8 Å². The van der Waals surface area contributed by atoms with Gasteiger partial charge in [-0.3, -0.25) is 9.59 Å². The number of unbranched alkanes of at least 4 members (excludes halogenated alkanes) is 3. The van der Waals surface area contributed by atoms with E-state index in [-0.39, 0.29) is 17.7 Å². The molecule has 136 valence electrons.